The normalized spacial score (nSPS) is 16.3. The zero-order chi connectivity index (χ0) is 28.9. The molecule has 0 bridgehead atoms. The minimum atomic E-state index is -0.899. The van der Waals surface area contributed by atoms with E-state index < -0.39 is 12.1 Å². The van der Waals surface area contributed by atoms with Gasteiger partial charge >= 0.3 is 0 Å². The maximum atomic E-state index is 13.8. The van der Waals surface area contributed by atoms with Gasteiger partial charge < -0.3 is 16.0 Å². The van der Waals surface area contributed by atoms with Crippen LogP contribution in [-0.4, -0.2) is 51.9 Å². The number of ketones is 1. The van der Waals surface area contributed by atoms with Crippen LogP contribution in [-0.2, 0) is 22.4 Å². The quantitative estimate of drug-likeness (QED) is 0.149. The summed E-state index contributed by atoms with van der Waals surface area (Å²) in [6, 6.07) is 22.9. The molecule has 0 spiro atoms. The predicted octanol–water partition coefficient (Wildman–Crippen LogP) is 4.36. The van der Waals surface area contributed by atoms with Crippen LogP contribution >= 0.6 is 11.3 Å². The van der Waals surface area contributed by atoms with Gasteiger partial charge in [0, 0.05) is 24.4 Å². The Balaban J connectivity index is 1.36. The molecule has 4 N–H and O–H groups in total. The molecule has 2 amide bonds. The first-order chi connectivity index (χ1) is 19.8. The van der Waals surface area contributed by atoms with Crippen molar-refractivity contribution >= 4 is 45.0 Å². The Hall–Kier alpha value is -4.37. The number of nitrogens with one attached hydrogen (secondary N) is 2. The lowest BCUT2D eigenvalue weighted by molar-refractivity contribution is -0.141. The molecule has 8 nitrogen and oxygen atoms in total. The summed E-state index contributed by atoms with van der Waals surface area (Å²) in [4.78, 5) is 47.1. The van der Waals surface area contributed by atoms with Gasteiger partial charge in [0.2, 0.25) is 17.6 Å². The van der Waals surface area contributed by atoms with Gasteiger partial charge in [-0.05, 0) is 48.6 Å². The van der Waals surface area contributed by atoms with Crippen LogP contribution in [0.15, 0.2) is 78.9 Å². The molecule has 1 saturated heterocycles. The van der Waals surface area contributed by atoms with Crippen molar-refractivity contribution in [1.29, 1.82) is 5.41 Å². The van der Waals surface area contributed by atoms with Crippen LogP contribution in [0.3, 0.4) is 0 Å². The largest absolute Gasteiger partial charge is 0.384 e. The van der Waals surface area contributed by atoms with E-state index >= 15 is 0 Å². The van der Waals surface area contributed by atoms with Crippen molar-refractivity contribution in [3.05, 3.63) is 101 Å². The second-order valence-electron chi connectivity index (χ2n) is 10.5. The highest BCUT2D eigenvalue weighted by Gasteiger charge is 2.37. The molecule has 0 aliphatic carbocycles. The number of hydrogen-bond acceptors (Lipinski definition) is 6. The van der Waals surface area contributed by atoms with Crippen molar-refractivity contribution < 1.29 is 14.4 Å². The number of nitrogen functional groups attached to an aromatic ring is 1. The van der Waals surface area contributed by atoms with E-state index in [0.717, 1.165) is 27.8 Å². The molecule has 3 aromatic carbocycles. The van der Waals surface area contributed by atoms with Crippen LogP contribution in [0.2, 0.25) is 0 Å². The molecule has 1 fully saturated rings. The Morgan fingerprint density at radius 3 is 2.51 bits per heavy atom. The average Bonchev–Trinajstić information content (AvgIpc) is 3.64. The lowest BCUT2D eigenvalue weighted by Gasteiger charge is -2.28. The number of thiazole rings is 1. The first-order valence-corrected chi connectivity index (χ1v) is 14.6. The molecule has 1 aromatic heterocycles. The van der Waals surface area contributed by atoms with Crippen LogP contribution < -0.4 is 11.1 Å². The summed E-state index contributed by atoms with van der Waals surface area (Å²) in [7, 11) is 0. The summed E-state index contributed by atoms with van der Waals surface area (Å²) in [6.07, 6.45) is 2.05. The van der Waals surface area contributed by atoms with Crippen molar-refractivity contribution in [2.45, 2.75) is 44.7 Å². The van der Waals surface area contributed by atoms with Crippen molar-refractivity contribution in [2.75, 3.05) is 6.54 Å². The molecule has 1 aliphatic rings. The Bertz CT molecular complexity index is 1550. The molecular formula is C32H33N5O3S. The Labute approximate surface area is 243 Å². The second kappa shape index (κ2) is 12.4. The molecule has 0 radical (unpaired) electrons. The van der Waals surface area contributed by atoms with Crippen LogP contribution in [0.25, 0.3) is 10.2 Å². The van der Waals surface area contributed by atoms with E-state index in [2.05, 4.69) is 10.3 Å². The zero-order valence-electron chi connectivity index (χ0n) is 22.9. The van der Waals surface area contributed by atoms with Gasteiger partial charge in [-0.25, -0.2) is 4.98 Å². The molecule has 1 aliphatic heterocycles. The molecule has 210 valence electrons. The molecule has 0 unspecified atom stereocenters. The highest BCUT2D eigenvalue weighted by Crippen LogP contribution is 2.25. The number of amides is 2. The van der Waals surface area contributed by atoms with Crippen LogP contribution in [0, 0.1) is 11.3 Å². The molecular weight excluding hydrogens is 534 g/mol. The number of Topliss-reactive ketones (excluding diaryl/α,β-unsaturated/α-hetero) is 1. The number of likely N-dealkylation sites (tertiary alicyclic amines) is 1. The fourth-order valence-corrected chi connectivity index (χ4v) is 6.31. The highest BCUT2D eigenvalue weighted by atomic mass is 32.1. The Morgan fingerprint density at radius 2 is 1.76 bits per heavy atom. The lowest BCUT2D eigenvalue weighted by Crippen LogP contribution is -2.52. The molecule has 5 rings (SSSR count). The third kappa shape index (κ3) is 6.52. The molecule has 4 aromatic rings. The molecule has 3 atom stereocenters. The summed E-state index contributed by atoms with van der Waals surface area (Å²) in [5.74, 6) is -1.05. The summed E-state index contributed by atoms with van der Waals surface area (Å²) in [5, 5.41) is 11.1. The van der Waals surface area contributed by atoms with Gasteiger partial charge in [-0.1, -0.05) is 67.6 Å². The van der Waals surface area contributed by atoms with Gasteiger partial charge in [0.15, 0.2) is 5.01 Å². The summed E-state index contributed by atoms with van der Waals surface area (Å²) in [6.45, 7) is 2.40. The van der Waals surface area contributed by atoms with E-state index in [1.807, 2.05) is 67.6 Å². The number of amidine groups is 1. The van der Waals surface area contributed by atoms with E-state index in [1.165, 1.54) is 11.3 Å². The zero-order valence-corrected chi connectivity index (χ0v) is 23.7. The number of benzene rings is 3. The number of fused-ring (bicyclic) bond motifs is 1. The van der Waals surface area contributed by atoms with Gasteiger partial charge in [0.05, 0.1) is 16.3 Å². The average molecular weight is 568 g/mol. The number of carbonyl (C=O) groups is 3. The van der Waals surface area contributed by atoms with Gasteiger partial charge in [-0.15, -0.1) is 11.3 Å². The van der Waals surface area contributed by atoms with Crippen LogP contribution in [0.4, 0.5) is 0 Å². The maximum absolute atomic E-state index is 13.8. The highest BCUT2D eigenvalue weighted by molar-refractivity contribution is 7.20. The van der Waals surface area contributed by atoms with Gasteiger partial charge in [-0.3, -0.25) is 19.8 Å². The van der Waals surface area contributed by atoms with E-state index in [0.29, 0.717) is 30.0 Å². The maximum Gasteiger partial charge on any atom is 0.243 e. The summed E-state index contributed by atoms with van der Waals surface area (Å²) >= 11 is 1.29. The van der Waals surface area contributed by atoms with E-state index in [4.69, 9.17) is 11.1 Å². The standard InChI is InChI=1S/C32H33N5O3S/c1-20(17-21-9-3-2-4-10-21)32(40)37-16-8-14-26(37)30(39)35-25(19-22-11-7-12-23(18-22)29(33)34)28(38)31-36-24-13-5-6-15-27(24)41-31/h2-7,9-13,15,18,20,25-26H,8,14,16-17,19H2,1H3,(H3,33,34)(H,35,39)/t20-,25+,26+/m1/s1. The van der Waals surface area contributed by atoms with E-state index in [9.17, 15) is 14.4 Å². The Kier molecular flexibility index (Phi) is 8.54. The second-order valence-corrected chi connectivity index (χ2v) is 11.5. The first kappa shape index (κ1) is 28.2. The smallest absolute Gasteiger partial charge is 0.243 e. The fourth-order valence-electron chi connectivity index (χ4n) is 5.35. The molecule has 2 heterocycles. The van der Waals surface area contributed by atoms with Crippen LogP contribution in [0.5, 0.6) is 0 Å². The number of para-hydroxylation sites is 1. The number of hydrogen-bond donors (Lipinski definition) is 3. The van der Waals surface area contributed by atoms with Gasteiger partial charge in [0.1, 0.15) is 11.9 Å². The van der Waals surface area contributed by atoms with Crippen LogP contribution in [0.1, 0.15) is 46.3 Å². The Morgan fingerprint density at radius 1 is 1.02 bits per heavy atom. The SMILES string of the molecule is C[C@H](Cc1ccccc1)C(=O)N1CCC[C@H]1C(=O)N[C@@H](Cc1cccc(C(=N)N)c1)C(=O)c1nc2ccccc2s1. The number of aromatic nitrogens is 1. The van der Waals surface area contributed by atoms with Crippen molar-refractivity contribution in [3.8, 4) is 0 Å². The monoisotopic (exact) mass is 567 g/mol. The first-order valence-electron chi connectivity index (χ1n) is 13.8. The fraction of sp³-hybridized carbons (Fsp3) is 0.281. The topological polar surface area (TPSA) is 129 Å². The van der Waals surface area contributed by atoms with Gasteiger partial charge in [-0.2, -0.15) is 0 Å². The van der Waals surface area contributed by atoms with Gasteiger partial charge in [0.25, 0.3) is 0 Å². The predicted molar refractivity (Wildman–Crippen MR) is 161 cm³/mol. The third-order valence-electron chi connectivity index (χ3n) is 7.46. The minimum Gasteiger partial charge on any atom is -0.384 e. The number of rotatable bonds is 10. The lowest BCUT2D eigenvalue weighted by atomic mass is 9.98. The van der Waals surface area contributed by atoms with E-state index in [1.54, 1.807) is 23.1 Å². The van der Waals surface area contributed by atoms with Crippen molar-refractivity contribution in [3.63, 3.8) is 0 Å². The third-order valence-corrected chi connectivity index (χ3v) is 8.51. The van der Waals surface area contributed by atoms with Crippen molar-refractivity contribution in [2.24, 2.45) is 11.7 Å². The molecule has 0 saturated carbocycles. The minimum absolute atomic E-state index is 0.0605. The number of nitrogens with zero attached hydrogens (tertiary/aromatic N) is 2. The van der Waals surface area contributed by atoms with E-state index in [-0.39, 0.29) is 35.8 Å². The van der Waals surface area contributed by atoms with Crippen molar-refractivity contribution in [1.82, 2.24) is 15.2 Å². The summed E-state index contributed by atoms with van der Waals surface area (Å²) in [5.41, 5.74) is 8.79. The molecule has 41 heavy (non-hydrogen) atoms. The number of carbonyl (C=O) groups excluding carboxylic acids is 3. The summed E-state index contributed by atoms with van der Waals surface area (Å²) < 4.78 is 0.888. The number of nitrogens with two attached hydrogens (primary N) is 1. The molecule has 9 heteroatoms.